The Bertz CT molecular complexity index is 1010. The number of benzene rings is 2. The molecule has 1 N–H and O–H groups in total. The maximum absolute atomic E-state index is 12.4. The Balaban J connectivity index is 2.03. The van der Waals surface area contributed by atoms with Crippen LogP contribution in [0.4, 0.5) is 5.69 Å². The average molecular weight is 492 g/mol. The minimum atomic E-state index is -0.740. The lowest BCUT2D eigenvalue weighted by atomic mass is 10.1. The van der Waals surface area contributed by atoms with Crippen LogP contribution in [0.15, 0.2) is 54.6 Å². The molecular weight excluding hydrogens is 485 g/mol. The summed E-state index contributed by atoms with van der Waals surface area (Å²) in [7, 11) is 0. The van der Waals surface area contributed by atoms with Crippen molar-refractivity contribution in [3.05, 3.63) is 71.4 Å². The second-order valence-corrected chi connectivity index (χ2v) is 7.51. The van der Waals surface area contributed by atoms with E-state index in [0.717, 1.165) is 4.47 Å². The predicted molar refractivity (Wildman–Crippen MR) is 102 cm³/mol. The predicted octanol–water partition coefficient (Wildman–Crippen LogP) is 5.88. The molecule has 3 rings (SSSR count). The first-order chi connectivity index (χ1) is 11.3. The molecule has 0 radical (unpaired) electrons. The van der Waals surface area contributed by atoms with E-state index in [-0.39, 0.29) is 5.56 Å². The third kappa shape index (κ3) is 3.67. The molecule has 0 aliphatic rings. The van der Waals surface area contributed by atoms with Crippen LogP contribution in [-0.4, -0.2) is 5.91 Å². The van der Waals surface area contributed by atoms with Crippen molar-refractivity contribution >= 4 is 77.6 Å². The fourth-order valence-electron chi connectivity index (χ4n) is 2.14. The van der Waals surface area contributed by atoms with E-state index in [4.69, 9.17) is 27.6 Å². The van der Waals surface area contributed by atoms with Crippen LogP contribution in [0, 0.1) is 0 Å². The fraction of sp³-hybridized carbons (Fsp3) is 0. The van der Waals surface area contributed by atoms with Crippen LogP contribution in [0.1, 0.15) is 10.4 Å². The van der Waals surface area contributed by atoms with Gasteiger partial charge in [0.25, 0.3) is 5.91 Å². The van der Waals surface area contributed by atoms with Crippen molar-refractivity contribution in [3.8, 4) is 0 Å². The van der Waals surface area contributed by atoms with E-state index in [2.05, 4.69) is 37.2 Å². The number of fused-ring (bicyclic) bond motifs is 1. The minimum absolute atomic E-state index is 0.122. The topological polar surface area (TPSA) is 59.3 Å². The molecule has 1 amide bonds. The highest BCUT2D eigenvalue weighted by molar-refractivity contribution is 9.11. The van der Waals surface area contributed by atoms with Gasteiger partial charge in [-0.1, -0.05) is 39.1 Å². The van der Waals surface area contributed by atoms with Crippen LogP contribution in [0.3, 0.4) is 0 Å². The average Bonchev–Trinajstić information content (AvgIpc) is 2.46. The summed E-state index contributed by atoms with van der Waals surface area (Å²) in [5.74, 6) is -0.611. The summed E-state index contributed by atoms with van der Waals surface area (Å²) >= 11 is 18.5. The van der Waals surface area contributed by atoms with Crippen LogP contribution >= 0.6 is 55.1 Å². The highest BCUT2D eigenvalue weighted by Crippen LogP contribution is 2.28. The van der Waals surface area contributed by atoms with E-state index in [1.165, 1.54) is 24.3 Å². The number of anilines is 1. The highest BCUT2D eigenvalue weighted by Gasteiger charge is 2.16. The molecule has 0 saturated carbocycles. The molecule has 2 aromatic carbocycles. The molecule has 0 fully saturated rings. The Morgan fingerprint density at radius 2 is 1.67 bits per heavy atom. The number of nitrogens with one attached hydrogen (secondary N) is 1. The van der Waals surface area contributed by atoms with Gasteiger partial charge in [-0.15, -0.1) is 0 Å². The van der Waals surface area contributed by atoms with Gasteiger partial charge in [0, 0.05) is 25.6 Å². The molecule has 0 spiro atoms. The lowest BCUT2D eigenvalue weighted by Crippen LogP contribution is -2.20. The molecule has 24 heavy (non-hydrogen) atoms. The molecule has 1 heterocycles. The molecule has 0 atom stereocenters. The molecule has 4 nitrogen and oxygen atoms in total. The van der Waals surface area contributed by atoms with Crippen LogP contribution in [0.25, 0.3) is 11.0 Å². The van der Waals surface area contributed by atoms with Crippen LogP contribution in [0.2, 0.25) is 10.0 Å². The fourth-order valence-corrected chi connectivity index (χ4v) is 4.01. The minimum Gasteiger partial charge on any atom is -0.421 e. The third-order valence-corrected chi connectivity index (χ3v) is 4.60. The lowest BCUT2D eigenvalue weighted by Gasteiger charge is -2.07. The number of hydrogen-bond donors (Lipinski definition) is 1. The third-order valence-electron chi connectivity index (χ3n) is 3.12. The Kier molecular flexibility index (Phi) is 5.01. The van der Waals surface area contributed by atoms with Crippen molar-refractivity contribution in [2.75, 3.05) is 5.32 Å². The second-order valence-electron chi connectivity index (χ2n) is 4.87. The van der Waals surface area contributed by atoms with Crippen molar-refractivity contribution in [1.29, 1.82) is 0 Å². The second kappa shape index (κ2) is 6.88. The summed E-state index contributed by atoms with van der Waals surface area (Å²) < 4.78 is 6.64. The standard InChI is InChI=1S/C16H7Br2Cl2NO3/c17-8-1-7-2-12(16(23)24-14(7)13(18)3-8)15(22)21-11-5-9(19)4-10(20)6-11/h1-6H,(H,21,22). The van der Waals surface area contributed by atoms with Gasteiger partial charge >= 0.3 is 5.63 Å². The van der Waals surface area contributed by atoms with E-state index in [9.17, 15) is 9.59 Å². The zero-order valence-electron chi connectivity index (χ0n) is 11.7. The summed E-state index contributed by atoms with van der Waals surface area (Å²) in [6.07, 6.45) is 0. The smallest absolute Gasteiger partial charge is 0.349 e. The van der Waals surface area contributed by atoms with Crippen molar-refractivity contribution in [2.45, 2.75) is 0 Å². The SMILES string of the molecule is O=C(Nc1cc(Cl)cc(Cl)c1)c1cc2cc(Br)cc(Br)c2oc1=O. The van der Waals surface area contributed by atoms with Crippen LogP contribution < -0.4 is 10.9 Å². The molecule has 0 bridgehead atoms. The highest BCUT2D eigenvalue weighted by atomic mass is 79.9. The maximum atomic E-state index is 12.4. The number of carbonyl (C=O) groups excluding carboxylic acids is 1. The monoisotopic (exact) mass is 489 g/mol. The number of amides is 1. The molecular formula is C16H7Br2Cl2NO3. The van der Waals surface area contributed by atoms with Gasteiger partial charge in [0.05, 0.1) is 4.47 Å². The summed E-state index contributed by atoms with van der Waals surface area (Å²) in [6.45, 7) is 0. The van der Waals surface area contributed by atoms with Crippen molar-refractivity contribution in [2.24, 2.45) is 0 Å². The van der Waals surface area contributed by atoms with E-state index in [0.29, 0.717) is 31.2 Å². The van der Waals surface area contributed by atoms with Gasteiger partial charge in [-0.3, -0.25) is 4.79 Å². The summed E-state index contributed by atoms with van der Waals surface area (Å²) in [5, 5.41) is 3.93. The molecule has 122 valence electrons. The number of carbonyl (C=O) groups is 1. The van der Waals surface area contributed by atoms with E-state index in [1.807, 2.05) is 0 Å². The van der Waals surface area contributed by atoms with Gasteiger partial charge in [0.1, 0.15) is 5.56 Å². The molecule has 8 heteroatoms. The van der Waals surface area contributed by atoms with Gasteiger partial charge in [-0.05, 0) is 52.3 Å². The Hall–Kier alpha value is -1.34. The van der Waals surface area contributed by atoms with E-state index < -0.39 is 11.5 Å². The first kappa shape index (κ1) is 17.5. The van der Waals surface area contributed by atoms with Crippen molar-refractivity contribution in [1.82, 2.24) is 0 Å². The van der Waals surface area contributed by atoms with E-state index in [1.54, 1.807) is 12.1 Å². The Morgan fingerprint density at radius 1 is 1.00 bits per heavy atom. The van der Waals surface area contributed by atoms with Crippen molar-refractivity contribution < 1.29 is 9.21 Å². The van der Waals surface area contributed by atoms with Crippen LogP contribution in [-0.2, 0) is 0 Å². The van der Waals surface area contributed by atoms with E-state index >= 15 is 0 Å². The summed E-state index contributed by atoms with van der Waals surface area (Å²) in [5.41, 5.74) is -0.113. The first-order valence-electron chi connectivity index (χ1n) is 6.54. The quantitative estimate of drug-likeness (QED) is 0.456. The number of rotatable bonds is 2. The molecule has 3 aromatic rings. The van der Waals surface area contributed by atoms with Gasteiger partial charge in [0.2, 0.25) is 0 Å². The number of halogens is 4. The number of hydrogen-bond acceptors (Lipinski definition) is 3. The van der Waals surface area contributed by atoms with Crippen LogP contribution in [0.5, 0.6) is 0 Å². The largest absolute Gasteiger partial charge is 0.421 e. The van der Waals surface area contributed by atoms with Gasteiger partial charge < -0.3 is 9.73 Å². The molecule has 0 unspecified atom stereocenters. The summed E-state index contributed by atoms with van der Waals surface area (Å²) in [4.78, 5) is 24.5. The Morgan fingerprint density at radius 3 is 2.33 bits per heavy atom. The normalized spacial score (nSPS) is 10.8. The van der Waals surface area contributed by atoms with Gasteiger partial charge in [-0.25, -0.2) is 4.79 Å². The summed E-state index contributed by atoms with van der Waals surface area (Å²) in [6, 6.07) is 9.56. The molecule has 0 aliphatic carbocycles. The van der Waals surface area contributed by atoms with Gasteiger partial charge in [-0.2, -0.15) is 0 Å². The molecule has 0 saturated heterocycles. The Labute approximate surface area is 163 Å². The zero-order chi connectivity index (χ0) is 17.4. The first-order valence-corrected chi connectivity index (χ1v) is 8.88. The molecule has 0 aliphatic heterocycles. The molecule has 1 aromatic heterocycles. The van der Waals surface area contributed by atoms with Gasteiger partial charge in [0.15, 0.2) is 5.58 Å². The lowest BCUT2D eigenvalue weighted by molar-refractivity contribution is 0.102. The van der Waals surface area contributed by atoms with Crippen molar-refractivity contribution in [3.63, 3.8) is 0 Å². The maximum Gasteiger partial charge on any atom is 0.349 e. The zero-order valence-corrected chi connectivity index (χ0v) is 16.4.